The number of amides is 1. The van der Waals surface area contributed by atoms with Gasteiger partial charge in [0.1, 0.15) is 5.82 Å². The largest absolute Gasteiger partial charge is 0.435 e. The van der Waals surface area contributed by atoms with Crippen LogP contribution in [-0.2, 0) is 6.18 Å². The lowest BCUT2D eigenvalue weighted by Crippen LogP contribution is -2.34. The predicted octanol–water partition coefficient (Wildman–Crippen LogP) is 4.08. The smallest absolute Gasteiger partial charge is 0.340 e. The van der Waals surface area contributed by atoms with Crippen LogP contribution < -0.4 is 0 Å². The molecule has 1 fully saturated rings. The van der Waals surface area contributed by atoms with Crippen LogP contribution in [0.2, 0.25) is 0 Å². The molecule has 1 aromatic heterocycles. The van der Waals surface area contributed by atoms with Gasteiger partial charge in [-0.3, -0.25) is 4.79 Å². The van der Waals surface area contributed by atoms with Gasteiger partial charge < -0.3 is 4.90 Å². The Bertz CT molecular complexity index is 795. The number of hydrogen-bond acceptors (Lipinski definition) is 3. The maximum atomic E-state index is 13.6. The quantitative estimate of drug-likeness (QED) is 0.747. The highest BCUT2D eigenvalue weighted by Crippen LogP contribution is 2.33. The molecule has 1 aliphatic rings. The van der Waals surface area contributed by atoms with E-state index in [-0.39, 0.29) is 11.6 Å². The Morgan fingerprint density at radius 2 is 1.81 bits per heavy atom. The van der Waals surface area contributed by atoms with E-state index in [0.717, 1.165) is 56.4 Å². The van der Waals surface area contributed by atoms with Crippen molar-refractivity contribution in [3.8, 4) is 5.69 Å². The molecule has 2 aromatic rings. The summed E-state index contributed by atoms with van der Waals surface area (Å²) in [7, 11) is 1.48. The summed E-state index contributed by atoms with van der Waals surface area (Å²) in [6.07, 6.45) is 0.382. The first-order chi connectivity index (χ1) is 12.8. The molecule has 0 aliphatic heterocycles. The van der Waals surface area contributed by atoms with E-state index in [1.54, 1.807) is 0 Å². The van der Waals surface area contributed by atoms with Gasteiger partial charge in [0.25, 0.3) is 5.91 Å². The Hall–Kier alpha value is -2.45. The molecule has 5 nitrogen and oxygen atoms in total. The van der Waals surface area contributed by atoms with Crippen molar-refractivity contribution in [2.45, 2.75) is 38.3 Å². The van der Waals surface area contributed by atoms with Crippen molar-refractivity contribution < 1.29 is 22.4 Å². The second-order valence-corrected chi connectivity index (χ2v) is 6.86. The Labute approximate surface area is 154 Å². The minimum atomic E-state index is -4.84. The number of alkyl halides is 3. The number of carbonyl (C=O) groups is 1. The molecule has 1 aromatic carbocycles. The Morgan fingerprint density at radius 3 is 2.41 bits per heavy atom. The van der Waals surface area contributed by atoms with E-state index >= 15 is 0 Å². The van der Waals surface area contributed by atoms with Gasteiger partial charge in [-0.15, -0.1) is 5.10 Å². The second-order valence-electron chi connectivity index (χ2n) is 6.86. The molecule has 3 rings (SSSR count). The summed E-state index contributed by atoms with van der Waals surface area (Å²) in [5.41, 5.74) is -2.02. The maximum absolute atomic E-state index is 13.6. The topological polar surface area (TPSA) is 51.0 Å². The van der Waals surface area contributed by atoms with E-state index in [0.29, 0.717) is 11.2 Å². The van der Waals surface area contributed by atoms with Crippen LogP contribution in [0.25, 0.3) is 5.69 Å². The molecule has 0 bridgehead atoms. The van der Waals surface area contributed by atoms with Gasteiger partial charge in [-0.1, -0.05) is 24.5 Å². The zero-order valence-electron chi connectivity index (χ0n) is 14.8. The number of rotatable bonds is 4. The van der Waals surface area contributed by atoms with Gasteiger partial charge >= 0.3 is 6.18 Å². The zero-order chi connectivity index (χ0) is 19.6. The van der Waals surface area contributed by atoms with Gasteiger partial charge in [-0.05, 0) is 43.0 Å². The van der Waals surface area contributed by atoms with Crippen LogP contribution in [0.4, 0.5) is 17.6 Å². The molecule has 0 radical (unpaired) electrons. The SMILES string of the molecule is CN(CC1CCCCC1)C(=O)c1nnn(-c2ccc(F)cc2)c1C(F)(F)F. The van der Waals surface area contributed by atoms with Gasteiger partial charge in [-0.25, -0.2) is 9.07 Å². The molecule has 1 amide bonds. The Morgan fingerprint density at radius 1 is 1.19 bits per heavy atom. The first-order valence-electron chi connectivity index (χ1n) is 8.81. The van der Waals surface area contributed by atoms with Crippen LogP contribution in [-0.4, -0.2) is 39.4 Å². The third-order valence-electron chi connectivity index (χ3n) is 4.82. The molecule has 1 saturated carbocycles. The first kappa shape index (κ1) is 19.3. The van der Waals surface area contributed by atoms with Gasteiger partial charge in [0, 0.05) is 13.6 Å². The minimum Gasteiger partial charge on any atom is -0.340 e. The molecule has 27 heavy (non-hydrogen) atoms. The van der Waals surface area contributed by atoms with E-state index in [9.17, 15) is 22.4 Å². The lowest BCUT2D eigenvalue weighted by molar-refractivity contribution is -0.143. The molecule has 0 spiro atoms. The number of benzene rings is 1. The van der Waals surface area contributed by atoms with E-state index in [2.05, 4.69) is 10.3 Å². The highest BCUT2D eigenvalue weighted by atomic mass is 19.4. The van der Waals surface area contributed by atoms with Crippen molar-refractivity contribution >= 4 is 5.91 Å². The Kier molecular flexibility index (Phi) is 5.48. The first-order valence-corrected chi connectivity index (χ1v) is 8.81. The number of hydrogen-bond donors (Lipinski definition) is 0. The number of nitrogens with zero attached hydrogens (tertiary/aromatic N) is 4. The average molecular weight is 384 g/mol. The molecule has 0 unspecified atom stereocenters. The second kappa shape index (κ2) is 7.66. The third kappa shape index (κ3) is 4.28. The molecule has 0 saturated heterocycles. The number of aromatic nitrogens is 3. The number of carbonyl (C=O) groups excluding carboxylic acids is 1. The fourth-order valence-electron chi connectivity index (χ4n) is 3.46. The Balaban J connectivity index is 1.90. The monoisotopic (exact) mass is 384 g/mol. The summed E-state index contributed by atoms with van der Waals surface area (Å²) in [6, 6.07) is 4.35. The molecule has 0 atom stereocenters. The molecule has 1 aliphatic carbocycles. The number of halogens is 4. The minimum absolute atomic E-state index is 0.0230. The van der Waals surface area contributed by atoms with Crippen molar-refractivity contribution in [3.05, 3.63) is 41.5 Å². The maximum Gasteiger partial charge on any atom is 0.435 e. The molecule has 0 N–H and O–H groups in total. The third-order valence-corrected chi connectivity index (χ3v) is 4.82. The van der Waals surface area contributed by atoms with E-state index in [1.165, 1.54) is 11.9 Å². The average Bonchev–Trinajstić information content (AvgIpc) is 3.08. The van der Waals surface area contributed by atoms with E-state index in [4.69, 9.17) is 0 Å². The fraction of sp³-hybridized carbons (Fsp3) is 0.500. The van der Waals surface area contributed by atoms with Crippen LogP contribution in [0.1, 0.15) is 48.3 Å². The van der Waals surface area contributed by atoms with Crippen molar-refractivity contribution in [1.29, 1.82) is 0 Å². The lowest BCUT2D eigenvalue weighted by atomic mass is 9.89. The van der Waals surface area contributed by atoms with Crippen LogP contribution in [0, 0.1) is 11.7 Å². The summed E-state index contributed by atoms with van der Waals surface area (Å²) >= 11 is 0. The lowest BCUT2D eigenvalue weighted by Gasteiger charge is -2.26. The van der Waals surface area contributed by atoms with Crippen molar-refractivity contribution in [2.75, 3.05) is 13.6 Å². The van der Waals surface area contributed by atoms with Gasteiger partial charge in [0.05, 0.1) is 5.69 Å². The summed E-state index contributed by atoms with van der Waals surface area (Å²) in [4.78, 5) is 13.9. The normalized spacial score (nSPS) is 15.7. The summed E-state index contributed by atoms with van der Waals surface area (Å²) < 4.78 is 54.5. The highest BCUT2D eigenvalue weighted by molar-refractivity contribution is 5.93. The molecule has 146 valence electrons. The summed E-state index contributed by atoms with van der Waals surface area (Å²) in [5, 5.41) is 7.01. The summed E-state index contributed by atoms with van der Waals surface area (Å²) in [6.45, 7) is 0.388. The van der Waals surface area contributed by atoms with Crippen LogP contribution in [0.3, 0.4) is 0 Å². The summed E-state index contributed by atoms with van der Waals surface area (Å²) in [5.74, 6) is -1.12. The van der Waals surface area contributed by atoms with Crippen LogP contribution >= 0.6 is 0 Å². The predicted molar refractivity (Wildman–Crippen MR) is 89.9 cm³/mol. The van der Waals surface area contributed by atoms with E-state index in [1.807, 2.05) is 0 Å². The standard InChI is InChI=1S/C18H20F4N4O/c1-25(11-12-5-3-2-4-6-12)17(27)15-16(18(20,21)22)26(24-23-15)14-9-7-13(19)8-10-14/h7-10,12H,2-6,11H2,1H3. The molecule has 1 heterocycles. The molecule has 9 heteroatoms. The van der Waals surface area contributed by atoms with Crippen molar-refractivity contribution in [1.82, 2.24) is 19.9 Å². The van der Waals surface area contributed by atoms with Gasteiger partial charge in [-0.2, -0.15) is 13.2 Å². The fourth-order valence-corrected chi connectivity index (χ4v) is 3.46. The van der Waals surface area contributed by atoms with Crippen molar-refractivity contribution in [2.24, 2.45) is 5.92 Å². The van der Waals surface area contributed by atoms with Crippen molar-refractivity contribution in [3.63, 3.8) is 0 Å². The zero-order valence-corrected chi connectivity index (χ0v) is 14.8. The molecular weight excluding hydrogens is 364 g/mol. The van der Waals surface area contributed by atoms with Gasteiger partial charge in [0.2, 0.25) is 0 Å². The van der Waals surface area contributed by atoms with Gasteiger partial charge in [0.15, 0.2) is 11.4 Å². The molecular formula is C18H20F4N4O. The highest BCUT2D eigenvalue weighted by Gasteiger charge is 2.42. The van der Waals surface area contributed by atoms with Crippen LogP contribution in [0.15, 0.2) is 24.3 Å². The van der Waals surface area contributed by atoms with E-state index < -0.39 is 29.3 Å². The van der Waals surface area contributed by atoms with Crippen LogP contribution in [0.5, 0.6) is 0 Å².